The Kier molecular flexibility index (Phi) is 9.35. The molecule has 1 amide bonds. The maximum Gasteiger partial charge on any atom is 0.222 e. The van der Waals surface area contributed by atoms with Crippen molar-refractivity contribution in [1.29, 1.82) is 0 Å². The van der Waals surface area contributed by atoms with Crippen molar-refractivity contribution in [1.82, 2.24) is 21.1 Å². The van der Waals surface area contributed by atoms with E-state index in [1.807, 2.05) is 7.11 Å². The molecule has 4 rings (SSSR count). The van der Waals surface area contributed by atoms with Crippen molar-refractivity contribution >= 4 is 23.2 Å². The van der Waals surface area contributed by atoms with Gasteiger partial charge >= 0.3 is 0 Å². The number of aliphatic hydroxyl groups is 2. The van der Waals surface area contributed by atoms with Gasteiger partial charge < -0.3 is 20.3 Å². The van der Waals surface area contributed by atoms with Gasteiger partial charge in [-0.15, -0.1) is 11.6 Å². The Balaban J connectivity index is 1.55. The fraction of sp³-hybridized carbons (Fsp3) is 0.923. The van der Waals surface area contributed by atoms with Gasteiger partial charge in [0.25, 0.3) is 0 Å². The average Bonchev–Trinajstić information content (AvgIpc) is 3.16. The molecule has 4 aliphatic rings. The molecule has 0 radical (unpaired) electrons. The Bertz CT molecular complexity index is 785. The van der Waals surface area contributed by atoms with Gasteiger partial charge in [0.2, 0.25) is 5.91 Å². The second-order valence-corrected chi connectivity index (χ2v) is 12.4. The summed E-state index contributed by atoms with van der Waals surface area (Å²) in [4.78, 5) is 20.9. The lowest BCUT2D eigenvalue weighted by Gasteiger charge is -2.44. The number of fused-ring (bicyclic) bond motifs is 3. The van der Waals surface area contributed by atoms with Crippen molar-refractivity contribution in [3.63, 3.8) is 0 Å². The molecule has 3 fully saturated rings. The average molecular weight is 528 g/mol. The molecule has 0 bridgehead atoms. The summed E-state index contributed by atoms with van der Waals surface area (Å²) in [5, 5.41) is 23.2. The SMILES string of the molecule is COC1CCC2C(C1)C(C1CCC(Cl)CC1)=N[C@@H](CC(=O)NCCC(O)C(C)(C)O)C1NNC(C)N21. The molecule has 0 spiro atoms. The number of aliphatic imine (C=N–C) groups is 1. The van der Waals surface area contributed by atoms with Crippen LogP contribution in [0.3, 0.4) is 0 Å². The summed E-state index contributed by atoms with van der Waals surface area (Å²) >= 11 is 6.46. The molecule has 7 atom stereocenters. The van der Waals surface area contributed by atoms with Crippen molar-refractivity contribution in [2.45, 2.75) is 126 Å². The highest BCUT2D eigenvalue weighted by Crippen LogP contribution is 2.41. The van der Waals surface area contributed by atoms with Crippen LogP contribution < -0.4 is 16.2 Å². The van der Waals surface area contributed by atoms with E-state index in [1.165, 1.54) is 5.71 Å². The molecule has 1 saturated heterocycles. The number of carbonyl (C=O) groups excluding carboxylic acids is 1. The second-order valence-electron chi connectivity index (χ2n) is 11.8. The van der Waals surface area contributed by atoms with Crippen LogP contribution in [0.1, 0.15) is 78.6 Å². The van der Waals surface area contributed by atoms with Crippen molar-refractivity contribution in [2.75, 3.05) is 13.7 Å². The van der Waals surface area contributed by atoms with Crippen LogP contribution in [0.5, 0.6) is 0 Å². The number of nitrogens with one attached hydrogen (secondary N) is 3. The minimum absolute atomic E-state index is 0.0684. The molecule has 0 aromatic rings. The Morgan fingerprint density at radius 3 is 2.64 bits per heavy atom. The van der Waals surface area contributed by atoms with Crippen molar-refractivity contribution in [3.8, 4) is 0 Å². The zero-order valence-electron chi connectivity index (χ0n) is 22.3. The zero-order valence-corrected chi connectivity index (χ0v) is 23.0. The number of halogens is 1. The van der Waals surface area contributed by atoms with E-state index >= 15 is 0 Å². The summed E-state index contributed by atoms with van der Waals surface area (Å²) < 4.78 is 5.82. The minimum Gasteiger partial charge on any atom is -0.390 e. The van der Waals surface area contributed by atoms with Crippen LogP contribution >= 0.6 is 11.6 Å². The van der Waals surface area contributed by atoms with E-state index in [1.54, 1.807) is 13.8 Å². The van der Waals surface area contributed by atoms with Gasteiger partial charge in [0.15, 0.2) is 0 Å². The summed E-state index contributed by atoms with van der Waals surface area (Å²) in [5.41, 5.74) is 6.91. The summed E-state index contributed by atoms with van der Waals surface area (Å²) in [6.45, 7) is 5.62. The van der Waals surface area contributed by atoms with Gasteiger partial charge in [0, 0.05) is 36.7 Å². The van der Waals surface area contributed by atoms with Gasteiger partial charge in [-0.3, -0.25) is 14.7 Å². The van der Waals surface area contributed by atoms with Gasteiger partial charge in [0.1, 0.15) is 0 Å². The number of hydrazine groups is 1. The first-order valence-corrected chi connectivity index (χ1v) is 14.2. The van der Waals surface area contributed by atoms with Gasteiger partial charge in [-0.2, -0.15) is 0 Å². The Morgan fingerprint density at radius 1 is 1.25 bits per heavy atom. The predicted molar refractivity (Wildman–Crippen MR) is 141 cm³/mol. The molecule has 2 heterocycles. The van der Waals surface area contributed by atoms with Crippen LogP contribution in [-0.4, -0.2) is 88.0 Å². The molecule has 10 heteroatoms. The van der Waals surface area contributed by atoms with Crippen molar-refractivity contribution in [3.05, 3.63) is 0 Å². The number of amides is 1. The highest BCUT2D eigenvalue weighted by Gasteiger charge is 2.50. The zero-order chi connectivity index (χ0) is 26.0. The predicted octanol–water partition coefficient (Wildman–Crippen LogP) is 1.90. The topological polar surface area (TPSA) is 118 Å². The van der Waals surface area contributed by atoms with E-state index < -0.39 is 11.7 Å². The normalized spacial score (nSPS) is 38.5. The molecule has 2 saturated carbocycles. The van der Waals surface area contributed by atoms with Crippen LogP contribution in [0.15, 0.2) is 4.99 Å². The fourth-order valence-electron chi connectivity index (χ4n) is 6.62. The van der Waals surface area contributed by atoms with Gasteiger partial charge in [-0.25, -0.2) is 10.9 Å². The van der Waals surface area contributed by atoms with E-state index in [0.29, 0.717) is 30.8 Å². The van der Waals surface area contributed by atoms with E-state index in [-0.39, 0.29) is 42.2 Å². The monoisotopic (exact) mass is 527 g/mol. The van der Waals surface area contributed by atoms with Gasteiger partial charge in [-0.05, 0) is 78.1 Å². The summed E-state index contributed by atoms with van der Waals surface area (Å²) in [7, 11) is 1.81. The van der Waals surface area contributed by atoms with Crippen LogP contribution in [0, 0.1) is 11.8 Å². The van der Waals surface area contributed by atoms with Crippen molar-refractivity contribution in [2.24, 2.45) is 16.8 Å². The third-order valence-corrected chi connectivity index (χ3v) is 9.21. The molecule has 36 heavy (non-hydrogen) atoms. The fourth-order valence-corrected chi connectivity index (χ4v) is 6.88. The Morgan fingerprint density at radius 2 is 1.97 bits per heavy atom. The van der Waals surface area contributed by atoms with Crippen LogP contribution in [-0.2, 0) is 9.53 Å². The maximum absolute atomic E-state index is 13.0. The number of ether oxygens (including phenoxy) is 1. The van der Waals surface area contributed by atoms with E-state index in [2.05, 4.69) is 28.0 Å². The molecule has 0 aromatic carbocycles. The molecule has 9 nitrogen and oxygen atoms in total. The number of methoxy groups -OCH3 is 1. The second kappa shape index (κ2) is 11.9. The van der Waals surface area contributed by atoms with E-state index in [4.69, 9.17) is 21.3 Å². The lowest BCUT2D eigenvalue weighted by atomic mass is 9.72. The molecular weight excluding hydrogens is 482 g/mol. The number of hydrogen-bond donors (Lipinski definition) is 5. The van der Waals surface area contributed by atoms with Gasteiger partial charge in [-0.1, -0.05) is 0 Å². The molecule has 2 aliphatic carbocycles. The smallest absolute Gasteiger partial charge is 0.222 e. The van der Waals surface area contributed by atoms with Crippen LogP contribution in [0.2, 0.25) is 0 Å². The number of hydrogen-bond acceptors (Lipinski definition) is 8. The summed E-state index contributed by atoms with van der Waals surface area (Å²) in [5.74, 6) is 0.623. The summed E-state index contributed by atoms with van der Waals surface area (Å²) in [6.07, 6.45) is 7.13. The molecular formula is C26H46ClN5O4. The number of nitrogens with zero attached hydrogens (tertiary/aromatic N) is 2. The molecule has 6 unspecified atom stereocenters. The number of aliphatic hydroxyl groups excluding tert-OH is 1. The first-order chi connectivity index (χ1) is 17.1. The number of rotatable bonds is 8. The van der Waals surface area contributed by atoms with Crippen LogP contribution in [0.4, 0.5) is 0 Å². The third kappa shape index (κ3) is 6.42. The maximum atomic E-state index is 13.0. The van der Waals surface area contributed by atoms with Gasteiger partial charge in [0.05, 0.1) is 42.6 Å². The third-order valence-electron chi connectivity index (χ3n) is 8.77. The molecule has 2 aliphatic heterocycles. The minimum atomic E-state index is -1.19. The Hall–Kier alpha value is -0.810. The molecule has 5 N–H and O–H groups in total. The first-order valence-electron chi connectivity index (χ1n) is 13.8. The first kappa shape index (κ1) is 28.2. The molecule has 206 valence electrons. The lowest BCUT2D eigenvalue weighted by Crippen LogP contribution is -2.55. The summed E-state index contributed by atoms with van der Waals surface area (Å²) in [6, 6.07) is 0.123. The quantitative estimate of drug-likeness (QED) is 0.306. The van der Waals surface area contributed by atoms with Crippen molar-refractivity contribution < 1.29 is 19.7 Å². The highest BCUT2D eigenvalue weighted by molar-refractivity contribution is 6.20. The number of alkyl halides is 1. The molecule has 0 aromatic heterocycles. The Labute approximate surface area is 220 Å². The van der Waals surface area contributed by atoms with E-state index in [0.717, 1.165) is 44.9 Å². The number of carbonyl (C=O) groups is 1. The standard InChI is InChI=1S/C26H46ClN5O4/c1-15-30-31-25-20(14-23(34)28-12-11-22(33)26(2,3)35)29-24(16-5-7-17(27)8-6-16)19-13-18(36-4)9-10-21(19)32(15)25/h15-22,25,30-31,33,35H,5-14H2,1-4H3,(H,28,34)/t15?,16?,17?,18?,19?,20-,21?,22?,25?/m0/s1. The largest absolute Gasteiger partial charge is 0.390 e. The lowest BCUT2D eigenvalue weighted by molar-refractivity contribution is -0.122. The van der Waals surface area contributed by atoms with Crippen LogP contribution in [0.25, 0.3) is 0 Å². The highest BCUT2D eigenvalue weighted by atomic mass is 35.5. The van der Waals surface area contributed by atoms with E-state index in [9.17, 15) is 15.0 Å².